The smallest absolute Gasteiger partial charge is 0.167 e. The van der Waals surface area contributed by atoms with Crippen LogP contribution in [-0.4, -0.2) is 26.1 Å². The number of hydrogen-bond donors (Lipinski definition) is 2. The highest BCUT2D eigenvalue weighted by Gasteiger charge is 2.20. The summed E-state index contributed by atoms with van der Waals surface area (Å²) in [6.07, 6.45) is 6.16. The zero-order chi connectivity index (χ0) is 16.5. The lowest BCUT2D eigenvalue weighted by molar-refractivity contribution is -0.0298. The Bertz CT molecular complexity index is 874. The summed E-state index contributed by atoms with van der Waals surface area (Å²) in [6.45, 7) is 0.733. The molecular weight excluding hydrogens is 311 g/mol. The van der Waals surface area contributed by atoms with Crippen LogP contribution in [-0.2, 0) is 4.74 Å². The predicted octanol–water partition coefficient (Wildman–Crippen LogP) is 2.99. The Hall–Kier alpha value is -2.74. The van der Waals surface area contributed by atoms with E-state index in [0.717, 1.165) is 25.9 Å². The Kier molecular flexibility index (Phi) is 3.73. The fourth-order valence-corrected chi connectivity index (χ4v) is 2.86. The number of benzene rings is 1. The lowest BCUT2D eigenvalue weighted by atomic mass is 10.2. The molecule has 0 saturated carbocycles. The SMILES string of the molecule is Nc1ccc(Nc2ncnc3c2ncn3C2CCCCO2)c(F)c1. The van der Waals surface area contributed by atoms with Gasteiger partial charge in [-0.15, -0.1) is 0 Å². The summed E-state index contributed by atoms with van der Waals surface area (Å²) in [5, 5.41) is 2.96. The molecule has 24 heavy (non-hydrogen) atoms. The number of rotatable bonds is 3. The van der Waals surface area contributed by atoms with E-state index >= 15 is 0 Å². The fourth-order valence-electron chi connectivity index (χ4n) is 2.86. The number of ether oxygens (including phenoxy) is 1. The van der Waals surface area contributed by atoms with Crippen LogP contribution < -0.4 is 11.1 Å². The Morgan fingerprint density at radius 2 is 2.17 bits per heavy atom. The molecule has 1 aliphatic heterocycles. The summed E-state index contributed by atoms with van der Waals surface area (Å²) in [4.78, 5) is 12.9. The second-order valence-electron chi connectivity index (χ2n) is 5.73. The van der Waals surface area contributed by atoms with Gasteiger partial charge in [0, 0.05) is 12.3 Å². The minimum atomic E-state index is -0.447. The molecule has 1 saturated heterocycles. The molecule has 1 atom stereocenters. The summed E-state index contributed by atoms with van der Waals surface area (Å²) in [6, 6.07) is 4.45. The van der Waals surface area contributed by atoms with Crippen molar-refractivity contribution in [1.29, 1.82) is 0 Å². The van der Waals surface area contributed by atoms with Gasteiger partial charge in [-0.1, -0.05) is 0 Å². The first-order chi connectivity index (χ1) is 11.7. The number of anilines is 3. The third-order valence-electron chi connectivity index (χ3n) is 4.07. The average Bonchev–Trinajstić information content (AvgIpc) is 3.03. The molecule has 0 radical (unpaired) electrons. The lowest BCUT2D eigenvalue weighted by Gasteiger charge is -2.23. The number of aromatic nitrogens is 4. The standard InChI is InChI=1S/C16H17FN6O/c17-11-7-10(18)4-5-12(11)22-15-14-16(20-8-19-15)23(9-21-14)13-3-1-2-6-24-13/h4-5,7-9,13H,1-3,6,18H2,(H,19,20,22). The van der Waals surface area contributed by atoms with Gasteiger partial charge in [0.2, 0.25) is 0 Å². The van der Waals surface area contributed by atoms with Crippen molar-refractivity contribution in [2.75, 3.05) is 17.7 Å². The Labute approximate surface area is 137 Å². The zero-order valence-electron chi connectivity index (χ0n) is 12.9. The molecule has 1 aliphatic rings. The maximum absolute atomic E-state index is 14.0. The largest absolute Gasteiger partial charge is 0.399 e. The first kappa shape index (κ1) is 14.8. The molecular formula is C16H17FN6O. The minimum Gasteiger partial charge on any atom is -0.399 e. The Morgan fingerprint density at radius 1 is 1.25 bits per heavy atom. The number of nitrogens with one attached hydrogen (secondary N) is 1. The van der Waals surface area contributed by atoms with E-state index in [4.69, 9.17) is 10.5 Å². The van der Waals surface area contributed by atoms with Crippen LogP contribution in [0.4, 0.5) is 21.6 Å². The van der Waals surface area contributed by atoms with E-state index in [0.29, 0.717) is 22.7 Å². The van der Waals surface area contributed by atoms with Crippen LogP contribution in [0.5, 0.6) is 0 Å². The molecule has 1 unspecified atom stereocenters. The first-order valence-electron chi connectivity index (χ1n) is 7.83. The summed E-state index contributed by atoms with van der Waals surface area (Å²) < 4.78 is 21.7. The Balaban J connectivity index is 1.70. The van der Waals surface area contributed by atoms with Crippen LogP contribution in [0.15, 0.2) is 30.9 Å². The molecule has 4 rings (SSSR count). The molecule has 8 heteroatoms. The lowest BCUT2D eigenvalue weighted by Crippen LogP contribution is -2.17. The van der Waals surface area contributed by atoms with Crippen LogP contribution in [0, 0.1) is 5.82 Å². The number of nitrogens with zero attached hydrogens (tertiary/aromatic N) is 4. The van der Waals surface area contributed by atoms with Crippen LogP contribution >= 0.6 is 0 Å². The van der Waals surface area contributed by atoms with Gasteiger partial charge in [-0.25, -0.2) is 19.3 Å². The van der Waals surface area contributed by atoms with Crippen LogP contribution in [0.1, 0.15) is 25.5 Å². The van der Waals surface area contributed by atoms with Gasteiger partial charge in [0.15, 0.2) is 17.0 Å². The molecule has 0 aliphatic carbocycles. The van der Waals surface area contributed by atoms with E-state index < -0.39 is 5.82 Å². The Morgan fingerprint density at radius 3 is 2.96 bits per heavy atom. The summed E-state index contributed by atoms with van der Waals surface area (Å²) >= 11 is 0. The molecule has 0 spiro atoms. The van der Waals surface area contributed by atoms with E-state index in [2.05, 4.69) is 20.3 Å². The zero-order valence-corrected chi connectivity index (χ0v) is 12.9. The molecule has 3 N–H and O–H groups in total. The van der Waals surface area contributed by atoms with Crippen molar-refractivity contribution in [3.8, 4) is 0 Å². The average molecular weight is 328 g/mol. The first-order valence-corrected chi connectivity index (χ1v) is 7.83. The number of halogens is 1. The highest BCUT2D eigenvalue weighted by Crippen LogP contribution is 2.29. The molecule has 0 amide bonds. The van der Waals surface area contributed by atoms with Gasteiger partial charge in [0.25, 0.3) is 0 Å². The molecule has 1 aromatic carbocycles. The number of nitrogen functional groups attached to an aromatic ring is 1. The quantitative estimate of drug-likeness (QED) is 0.718. The van der Waals surface area contributed by atoms with Gasteiger partial charge < -0.3 is 15.8 Å². The summed E-state index contributed by atoms with van der Waals surface area (Å²) in [5.74, 6) is -0.00459. The topological polar surface area (TPSA) is 90.9 Å². The van der Waals surface area contributed by atoms with Gasteiger partial charge in [0.1, 0.15) is 18.4 Å². The van der Waals surface area contributed by atoms with Crippen molar-refractivity contribution in [3.63, 3.8) is 0 Å². The van der Waals surface area contributed by atoms with Gasteiger partial charge >= 0.3 is 0 Å². The number of hydrogen-bond acceptors (Lipinski definition) is 6. The highest BCUT2D eigenvalue weighted by molar-refractivity contribution is 5.85. The molecule has 1 fully saturated rings. The normalized spacial score (nSPS) is 18.0. The van der Waals surface area contributed by atoms with Crippen LogP contribution in [0.25, 0.3) is 11.2 Å². The van der Waals surface area contributed by atoms with Crippen molar-refractivity contribution in [2.45, 2.75) is 25.5 Å². The van der Waals surface area contributed by atoms with E-state index in [1.54, 1.807) is 18.5 Å². The summed E-state index contributed by atoms with van der Waals surface area (Å²) in [5.41, 5.74) is 7.46. The molecule has 0 bridgehead atoms. The highest BCUT2D eigenvalue weighted by atomic mass is 19.1. The monoisotopic (exact) mass is 328 g/mol. The van der Waals surface area contributed by atoms with E-state index in [9.17, 15) is 4.39 Å². The molecule has 124 valence electrons. The summed E-state index contributed by atoms with van der Waals surface area (Å²) in [7, 11) is 0. The number of nitrogens with two attached hydrogens (primary N) is 1. The third-order valence-corrected chi connectivity index (χ3v) is 4.07. The van der Waals surface area contributed by atoms with Crippen molar-refractivity contribution in [3.05, 3.63) is 36.7 Å². The minimum absolute atomic E-state index is 0.0697. The van der Waals surface area contributed by atoms with Gasteiger partial charge in [-0.2, -0.15) is 0 Å². The van der Waals surface area contributed by atoms with Crippen molar-refractivity contribution in [1.82, 2.24) is 19.5 Å². The second kappa shape index (κ2) is 6.04. The second-order valence-corrected chi connectivity index (χ2v) is 5.73. The molecule has 3 aromatic rings. The van der Waals surface area contributed by atoms with Crippen LogP contribution in [0.2, 0.25) is 0 Å². The van der Waals surface area contributed by atoms with Crippen molar-refractivity contribution < 1.29 is 9.13 Å². The maximum Gasteiger partial charge on any atom is 0.167 e. The fraction of sp³-hybridized carbons (Fsp3) is 0.312. The van der Waals surface area contributed by atoms with Gasteiger partial charge in [0.05, 0.1) is 12.0 Å². The van der Waals surface area contributed by atoms with Crippen molar-refractivity contribution in [2.24, 2.45) is 0 Å². The molecule has 7 nitrogen and oxygen atoms in total. The predicted molar refractivity (Wildman–Crippen MR) is 88.3 cm³/mol. The van der Waals surface area contributed by atoms with Gasteiger partial charge in [-0.3, -0.25) is 4.57 Å². The van der Waals surface area contributed by atoms with Crippen molar-refractivity contribution >= 4 is 28.4 Å². The van der Waals surface area contributed by atoms with Gasteiger partial charge in [-0.05, 0) is 37.5 Å². The third kappa shape index (κ3) is 2.65. The molecule has 2 aromatic heterocycles. The number of imidazole rings is 1. The van der Waals surface area contributed by atoms with E-state index in [-0.39, 0.29) is 11.9 Å². The van der Waals surface area contributed by atoms with Crippen LogP contribution in [0.3, 0.4) is 0 Å². The number of fused-ring (bicyclic) bond motifs is 1. The van der Waals surface area contributed by atoms with E-state index in [1.807, 2.05) is 4.57 Å². The molecule has 3 heterocycles. The maximum atomic E-state index is 14.0. The van der Waals surface area contributed by atoms with E-state index in [1.165, 1.54) is 12.4 Å².